The minimum atomic E-state index is -5.08. The third kappa shape index (κ3) is 11.6. The number of hydrogen-bond donors (Lipinski definition) is 5. The number of thioether (sulfide) groups is 1. The van der Waals surface area contributed by atoms with E-state index in [4.69, 9.17) is 16.3 Å². The van der Waals surface area contributed by atoms with Crippen LogP contribution in [0.5, 0.6) is 5.75 Å². The molecule has 322 valence electrons. The topological polar surface area (TPSA) is 180 Å². The van der Waals surface area contributed by atoms with E-state index in [0.717, 1.165) is 6.07 Å². The number of rotatable bonds is 14. The lowest BCUT2D eigenvalue weighted by Crippen LogP contribution is -2.51. The van der Waals surface area contributed by atoms with E-state index >= 15 is 0 Å². The summed E-state index contributed by atoms with van der Waals surface area (Å²) in [6.45, 7) is 10.3. The Morgan fingerprint density at radius 2 is 1.70 bits per heavy atom. The maximum Gasteiger partial charge on any atom is 0.573 e. The van der Waals surface area contributed by atoms with Crippen LogP contribution in [0.15, 0.2) is 60.9 Å². The average Bonchev–Trinajstić information content (AvgIpc) is 3.86. The molecular weight excluding hydrogens is 825 g/mol. The standard InChI is InChI=1S/C41H48ClF3N8O6S/c1-22(2)34(52-39(57)58-6)37(55)53-21-26(60-7)16-31(53)35-49-20-30(51-35)24-10-8-23(9-11-24)27-17-29(42)28(18-32(27)59-41(43,44)45)36(54)50-25-12-13-33(48-19-25)46-14-15-47-38(56)40(3,4)5/h8-13,17-20,22,26,31,34H,14-16,21H2,1-7H3,(H,46,48)(H,47,56)(H,49,51)(H,50,54)(H,52,57)/t26-,31-,34-/m0/s1. The molecule has 19 heteroatoms. The highest BCUT2D eigenvalue weighted by atomic mass is 35.5. The third-order valence-corrected chi connectivity index (χ3v) is 11.0. The second-order valence-electron chi connectivity index (χ2n) is 15.4. The molecule has 14 nitrogen and oxygen atoms in total. The Balaban J connectivity index is 1.31. The van der Waals surface area contributed by atoms with Crippen molar-refractivity contribution in [3.63, 3.8) is 0 Å². The van der Waals surface area contributed by atoms with Crippen LogP contribution >= 0.6 is 23.4 Å². The van der Waals surface area contributed by atoms with Crippen LogP contribution in [0.2, 0.25) is 5.02 Å². The lowest BCUT2D eigenvalue weighted by molar-refractivity contribution is -0.274. The SMILES string of the molecule is COC(=O)N[C@H](C(=O)N1C[C@@H](SC)C[C@H]1c1ncc(-c2ccc(-c3cc(Cl)c(C(=O)Nc4ccc(NCCNC(=O)C(C)(C)C)nc4)cc3OC(F)(F)F)cc2)[nH]1)C(C)C. The number of methoxy groups -OCH3 is 1. The van der Waals surface area contributed by atoms with Crippen LogP contribution in [0.1, 0.15) is 63.3 Å². The largest absolute Gasteiger partial charge is 0.573 e. The van der Waals surface area contributed by atoms with Crippen LogP contribution in [0.4, 0.5) is 29.5 Å². The number of alkyl halides is 3. The number of benzene rings is 2. The fourth-order valence-corrected chi connectivity index (χ4v) is 7.33. The number of carbonyl (C=O) groups is 4. The molecule has 5 N–H and O–H groups in total. The summed E-state index contributed by atoms with van der Waals surface area (Å²) in [4.78, 5) is 65.0. The number of aromatic amines is 1. The van der Waals surface area contributed by atoms with E-state index in [2.05, 4.69) is 41.0 Å². The van der Waals surface area contributed by atoms with Gasteiger partial charge in [-0.05, 0) is 54.0 Å². The Morgan fingerprint density at radius 1 is 1.00 bits per heavy atom. The van der Waals surface area contributed by atoms with Gasteiger partial charge in [0.1, 0.15) is 23.4 Å². The fraction of sp³-hybridized carbons (Fsp3) is 0.415. The molecule has 0 bridgehead atoms. The number of carbonyl (C=O) groups excluding carboxylic acids is 4. The molecule has 0 saturated carbocycles. The van der Waals surface area contributed by atoms with E-state index in [1.165, 1.54) is 19.4 Å². The zero-order valence-electron chi connectivity index (χ0n) is 34.1. The van der Waals surface area contributed by atoms with Crippen molar-refractivity contribution in [3.05, 3.63) is 77.3 Å². The Bertz CT molecular complexity index is 2160. The Labute approximate surface area is 355 Å². The quantitative estimate of drug-likeness (QED) is 0.0783. The molecule has 60 heavy (non-hydrogen) atoms. The van der Waals surface area contributed by atoms with E-state index in [0.29, 0.717) is 54.5 Å². The number of halogens is 4. The molecule has 3 heterocycles. The molecule has 1 aliphatic rings. The Kier molecular flexibility index (Phi) is 14.6. The van der Waals surface area contributed by atoms with Crippen molar-refractivity contribution >= 4 is 58.7 Å². The zero-order chi connectivity index (χ0) is 43.9. The normalized spacial score (nSPS) is 16.0. The molecule has 0 radical (unpaired) electrons. The molecule has 2 aromatic heterocycles. The van der Waals surface area contributed by atoms with Crippen molar-refractivity contribution < 1.29 is 41.8 Å². The number of aromatic nitrogens is 3. The van der Waals surface area contributed by atoms with Crippen LogP contribution in [-0.4, -0.2) is 94.3 Å². The third-order valence-electron chi connectivity index (χ3n) is 9.65. The van der Waals surface area contributed by atoms with E-state index < -0.39 is 41.6 Å². The van der Waals surface area contributed by atoms with Crippen molar-refractivity contribution in [2.45, 2.75) is 64.7 Å². The molecule has 4 amide bonds. The number of anilines is 2. The molecule has 2 aromatic carbocycles. The molecule has 3 atom stereocenters. The van der Waals surface area contributed by atoms with Gasteiger partial charge in [0, 0.05) is 35.9 Å². The molecular formula is C41H48ClF3N8O6S. The van der Waals surface area contributed by atoms with Gasteiger partial charge in [-0.1, -0.05) is 70.5 Å². The number of likely N-dealkylation sites (tertiary alicyclic amines) is 1. The number of nitrogens with one attached hydrogen (secondary N) is 5. The minimum Gasteiger partial charge on any atom is -0.453 e. The van der Waals surface area contributed by atoms with Gasteiger partial charge in [0.25, 0.3) is 5.91 Å². The molecule has 5 rings (SSSR count). The first-order valence-electron chi connectivity index (χ1n) is 19.0. The van der Waals surface area contributed by atoms with Gasteiger partial charge >= 0.3 is 12.5 Å². The van der Waals surface area contributed by atoms with E-state index in [1.807, 2.05) is 40.9 Å². The van der Waals surface area contributed by atoms with Gasteiger partial charge in [-0.15, -0.1) is 13.2 Å². The van der Waals surface area contributed by atoms with Gasteiger partial charge in [-0.3, -0.25) is 14.4 Å². The average molecular weight is 873 g/mol. The second kappa shape index (κ2) is 19.3. The van der Waals surface area contributed by atoms with Gasteiger partial charge in [0.2, 0.25) is 11.8 Å². The molecule has 1 fully saturated rings. The summed E-state index contributed by atoms with van der Waals surface area (Å²) in [5.41, 5.74) is 1.05. The first kappa shape index (κ1) is 45.6. The zero-order valence-corrected chi connectivity index (χ0v) is 35.7. The molecule has 4 aromatic rings. The summed E-state index contributed by atoms with van der Waals surface area (Å²) in [5.74, 6) is -0.966. The summed E-state index contributed by atoms with van der Waals surface area (Å²) in [7, 11) is 1.24. The van der Waals surface area contributed by atoms with E-state index in [-0.39, 0.29) is 44.8 Å². The number of alkyl carbamates (subject to hydrolysis) is 1. The number of pyridine rings is 1. The monoisotopic (exact) mass is 872 g/mol. The molecule has 0 unspecified atom stereocenters. The summed E-state index contributed by atoms with van der Waals surface area (Å²) >= 11 is 8.15. The molecule has 1 aliphatic heterocycles. The first-order valence-corrected chi connectivity index (χ1v) is 20.7. The van der Waals surface area contributed by atoms with Crippen LogP contribution in [0, 0.1) is 11.3 Å². The highest BCUT2D eigenvalue weighted by Gasteiger charge is 2.41. The maximum atomic E-state index is 13.8. The van der Waals surface area contributed by atoms with Gasteiger partial charge < -0.3 is 40.6 Å². The summed E-state index contributed by atoms with van der Waals surface area (Å²) in [5, 5.41) is 11.1. The predicted molar refractivity (Wildman–Crippen MR) is 225 cm³/mol. The lowest BCUT2D eigenvalue weighted by atomic mass is 9.96. The van der Waals surface area contributed by atoms with E-state index in [9.17, 15) is 32.3 Å². The first-order chi connectivity index (χ1) is 28.3. The number of hydrogen-bond acceptors (Lipinski definition) is 10. The fourth-order valence-electron chi connectivity index (χ4n) is 6.40. The van der Waals surface area contributed by atoms with Crippen LogP contribution in [0.25, 0.3) is 22.4 Å². The van der Waals surface area contributed by atoms with Gasteiger partial charge in [-0.25, -0.2) is 14.8 Å². The van der Waals surface area contributed by atoms with Gasteiger partial charge in [-0.2, -0.15) is 11.8 Å². The number of ether oxygens (including phenoxy) is 2. The number of nitrogens with zero attached hydrogens (tertiary/aromatic N) is 3. The maximum absolute atomic E-state index is 13.8. The Hall–Kier alpha value is -5.49. The van der Waals surface area contributed by atoms with Crippen LogP contribution in [0.3, 0.4) is 0 Å². The number of H-pyrrole nitrogens is 1. The number of amides is 4. The Morgan fingerprint density at radius 3 is 2.30 bits per heavy atom. The predicted octanol–water partition coefficient (Wildman–Crippen LogP) is 7.90. The van der Waals surface area contributed by atoms with Gasteiger partial charge in [0.15, 0.2) is 0 Å². The van der Waals surface area contributed by atoms with E-state index in [1.54, 1.807) is 59.3 Å². The van der Waals surface area contributed by atoms with Crippen molar-refractivity contribution in [3.8, 4) is 28.1 Å². The second-order valence-corrected chi connectivity index (χ2v) is 17.0. The van der Waals surface area contributed by atoms with Crippen molar-refractivity contribution in [1.82, 2.24) is 30.5 Å². The number of imidazole rings is 1. The van der Waals surface area contributed by atoms with Crippen LogP contribution in [-0.2, 0) is 14.3 Å². The smallest absolute Gasteiger partial charge is 0.453 e. The van der Waals surface area contributed by atoms with Crippen LogP contribution < -0.4 is 26.0 Å². The minimum absolute atomic E-state index is 0.00926. The summed E-state index contributed by atoms with van der Waals surface area (Å²) in [6.07, 6.45) is -0.211. The van der Waals surface area contributed by atoms with Crippen molar-refractivity contribution in [1.29, 1.82) is 0 Å². The molecule has 0 spiro atoms. The highest BCUT2D eigenvalue weighted by Crippen LogP contribution is 2.40. The van der Waals surface area contributed by atoms with Crippen molar-refractivity contribution in [2.24, 2.45) is 11.3 Å². The summed E-state index contributed by atoms with van der Waals surface area (Å²) < 4.78 is 50.2. The summed E-state index contributed by atoms with van der Waals surface area (Å²) in [6, 6.07) is 10.7. The molecule has 1 saturated heterocycles. The lowest BCUT2D eigenvalue weighted by Gasteiger charge is -2.30. The van der Waals surface area contributed by atoms with Crippen molar-refractivity contribution in [2.75, 3.05) is 43.6 Å². The van der Waals surface area contributed by atoms with Gasteiger partial charge in [0.05, 0.1) is 47.5 Å². The highest BCUT2D eigenvalue weighted by molar-refractivity contribution is 7.99. The molecule has 0 aliphatic carbocycles.